The number of anilines is 1. The molecule has 7 nitrogen and oxygen atoms in total. The fourth-order valence-electron chi connectivity index (χ4n) is 2.21. The van der Waals surface area contributed by atoms with Gasteiger partial charge in [0.15, 0.2) is 0 Å². The number of hydrogen-bond acceptors (Lipinski definition) is 7. The van der Waals surface area contributed by atoms with E-state index in [1.54, 1.807) is 0 Å². The number of esters is 2. The van der Waals surface area contributed by atoms with Gasteiger partial charge in [-0.2, -0.15) is 0 Å². The molecule has 21 heavy (non-hydrogen) atoms. The van der Waals surface area contributed by atoms with Crippen LogP contribution in [0.25, 0.3) is 10.8 Å². The monoisotopic (exact) mass is 315 g/mol. The van der Waals surface area contributed by atoms with Crippen molar-refractivity contribution < 1.29 is 56.9 Å². The molecule has 1 heterocycles. The first-order valence-electron chi connectivity index (χ1n) is 5.38. The van der Waals surface area contributed by atoms with Crippen LogP contribution in [0, 0.1) is 0 Å². The summed E-state index contributed by atoms with van der Waals surface area (Å²) in [6.07, 6.45) is 0. The number of benzene rings is 2. The minimum absolute atomic E-state index is 0. The van der Waals surface area contributed by atoms with Crippen LogP contribution in [0.1, 0.15) is 20.7 Å². The molecule has 2 aromatic carbocycles. The van der Waals surface area contributed by atoms with Gasteiger partial charge in [0, 0.05) is 10.8 Å². The average Bonchev–Trinajstić information content (AvgIpc) is 2.35. The number of carbonyl (C=O) groups excluding carboxylic acids is 2. The second-order valence-corrected chi connectivity index (χ2v) is 5.54. The first-order chi connectivity index (χ1) is 9.30. The van der Waals surface area contributed by atoms with E-state index in [4.69, 9.17) is 5.73 Å². The van der Waals surface area contributed by atoms with Crippen LogP contribution in [0.15, 0.2) is 29.2 Å². The minimum atomic E-state index is -4.85. The molecular formula is C12H6NNaO6S. The fraction of sp³-hybridized carbons (Fsp3) is 0. The topological polar surface area (TPSA) is 127 Å². The number of carbonyl (C=O) groups is 2. The maximum absolute atomic E-state index is 11.7. The van der Waals surface area contributed by atoms with Gasteiger partial charge in [-0.3, -0.25) is 0 Å². The maximum Gasteiger partial charge on any atom is 1.00 e. The molecule has 0 unspecified atom stereocenters. The second-order valence-electron chi connectivity index (χ2n) is 4.20. The average molecular weight is 315 g/mol. The van der Waals surface area contributed by atoms with Gasteiger partial charge in [0.2, 0.25) is 0 Å². The van der Waals surface area contributed by atoms with Crippen LogP contribution in [0.5, 0.6) is 0 Å². The van der Waals surface area contributed by atoms with E-state index in [1.165, 1.54) is 18.2 Å². The Morgan fingerprint density at radius 1 is 1.10 bits per heavy atom. The van der Waals surface area contributed by atoms with Gasteiger partial charge < -0.3 is 15.0 Å². The van der Waals surface area contributed by atoms with Gasteiger partial charge in [-0.15, -0.1) is 0 Å². The van der Waals surface area contributed by atoms with Crippen molar-refractivity contribution in [1.29, 1.82) is 0 Å². The smallest absolute Gasteiger partial charge is 0.744 e. The Bertz CT molecular complexity index is 906. The van der Waals surface area contributed by atoms with E-state index in [-0.39, 0.29) is 57.1 Å². The Kier molecular flexibility index (Phi) is 3.85. The molecule has 3 rings (SSSR count). The third-order valence-corrected chi connectivity index (χ3v) is 3.94. The van der Waals surface area contributed by atoms with Crippen molar-refractivity contribution in [3.8, 4) is 0 Å². The van der Waals surface area contributed by atoms with Crippen LogP contribution >= 0.6 is 0 Å². The Labute approximate surface area is 141 Å². The number of cyclic esters (lactones) is 2. The molecule has 0 saturated heterocycles. The Morgan fingerprint density at radius 3 is 2.33 bits per heavy atom. The number of ether oxygens (including phenoxy) is 1. The zero-order valence-electron chi connectivity index (χ0n) is 10.7. The van der Waals surface area contributed by atoms with E-state index in [1.807, 2.05) is 0 Å². The predicted molar refractivity (Wildman–Crippen MR) is 66.1 cm³/mol. The summed E-state index contributed by atoms with van der Waals surface area (Å²) < 4.78 is 38.0. The summed E-state index contributed by atoms with van der Waals surface area (Å²) in [5.41, 5.74) is 5.31. The number of rotatable bonds is 1. The standard InChI is InChI=1S/C12H7NO6S.Na/c13-10-5-2-1-3-6-9(5)7(12(15)19-11(6)14)4-8(10)20(16,17)18;/h1-4H,13H2,(H,16,17,18);/q;+1/p-1. The summed E-state index contributed by atoms with van der Waals surface area (Å²) in [5.74, 6) is -1.85. The Hall–Kier alpha value is -1.45. The van der Waals surface area contributed by atoms with Crippen LogP contribution in [0.2, 0.25) is 0 Å². The van der Waals surface area contributed by atoms with Crippen molar-refractivity contribution in [2.24, 2.45) is 0 Å². The molecule has 0 spiro atoms. The van der Waals surface area contributed by atoms with E-state index in [2.05, 4.69) is 4.74 Å². The van der Waals surface area contributed by atoms with Gasteiger partial charge in [-0.05, 0) is 12.1 Å². The van der Waals surface area contributed by atoms with Crippen molar-refractivity contribution in [3.63, 3.8) is 0 Å². The normalized spacial score (nSPS) is 13.8. The van der Waals surface area contributed by atoms with Gasteiger partial charge >= 0.3 is 41.5 Å². The van der Waals surface area contributed by atoms with Gasteiger partial charge in [-0.1, -0.05) is 12.1 Å². The molecule has 0 aromatic heterocycles. The number of nitrogens with two attached hydrogens (primary N) is 1. The molecule has 0 aliphatic carbocycles. The molecule has 1 aliphatic rings. The van der Waals surface area contributed by atoms with Crippen molar-refractivity contribution in [3.05, 3.63) is 35.4 Å². The van der Waals surface area contributed by atoms with Gasteiger partial charge in [0.25, 0.3) is 0 Å². The predicted octanol–water partition coefficient (Wildman–Crippen LogP) is -2.36. The number of nitrogen functional groups attached to an aromatic ring is 1. The van der Waals surface area contributed by atoms with Crippen LogP contribution in [-0.2, 0) is 14.9 Å². The third kappa shape index (κ3) is 2.34. The third-order valence-electron chi connectivity index (χ3n) is 3.06. The second kappa shape index (κ2) is 5.08. The SMILES string of the molecule is Nc1c(S(=O)(=O)[O-])cc2c3c(cccc13)C(=O)OC2=O.[Na+]. The molecule has 2 N–H and O–H groups in total. The van der Waals surface area contributed by atoms with E-state index in [9.17, 15) is 22.6 Å². The molecule has 0 radical (unpaired) electrons. The van der Waals surface area contributed by atoms with Gasteiger partial charge in [0.1, 0.15) is 10.1 Å². The summed E-state index contributed by atoms with van der Waals surface area (Å²) >= 11 is 0. The van der Waals surface area contributed by atoms with Crippen molar-refractivity contribution >= 4 is 38.5 Å². The summed E-state index contributed by atoms with van der Waals surface area (Å²) in [4.78, 5) is 22.6. The molecule has 9 heteroatoms. The van der Waals surface area contributed by atoms with Gasteiger partial charge in [0.05, 0.1) is 21.7 Å². The molecular weight excluding hydrogens is 309 g/mol. The van der Waals surface area contributed by atoms with E-state index < -0.39 is 27.0 Å². The van der Waals surface area contributed by atoms with Crippen molar-refractivity contribution in [2.45, 2.75) is 4.90 Å². The zero-order valence-corrected chi connectivity index (χ0v) is 13.6. The molecule has 2 aromatic rings. The largest absolute Gasteiger partial charge is 1.00 e. The maximum atomic E-state index is 11.7. The number of hydrogen-bond donors (Lipinski definition) is 1. The Morgan fingerprint density at radius 2 is 1.71 bits per heavy atom. The minimum Gasteiger partial charge on any atom is -0.744 e. The van der Waals surface area contributed by atoms with Crippen molar-refractivity contribution in [1.82, 2.24) is 0 Å². The zero-order chi connectivity index (χ0) is 14.7. The molecule has 0 atom stereocenters. The van der Waals surface area contributed by atoms with Crippen LogP contribution in [0.4, 0.5) is 5.69 Å². The quantitative estimate of drug-likeness (QED) is 0.205. The molecule has 0 fully saturated rings. The molecule has 0 saturated carbocycles. The summed E-state index contributed by atoms with van der Waals surface area (Å²) in [6, 6.07) is 5.15. The van der Waals surface area contributed by atoms with Crippen LogP contribution in [0.3, 0.4) is 0 Å². The fourth-order valence-corrected chi connectivity index (χ4v) is 2.85. The molecule has 1 aliphatic heterocycles. The first kappa shape index (κ1) is 15.9. The van der Waals surface area contributed by atoms with Crippen LogP contribution < -0.4 is 35.3 Å². The summed E-state index contributed by atoms with van der Waals surface area (Å²) in [5, 5.41) is 0.345. The summed E-state index contributed by atoms with van der Waals surface area (Å²) in [6.45, 7) is 0. The summed E-state index contributed by atoms with van der Waals surface area (Å²) in [7, 11) is -4.85. The van der Waals surface area contributed by atoms with Crippen molar-refractivity contribution in [2.75, 3.05) is 5.73 Å². The molecule has 102 valence electrons. The first-order valence-corrected chi connectivity index (χ1v) is 6.79. The molecule has 0 amide bonds. The Balaban J connectivity index is 0.00000161. The molecule has 0 bridgehead atoms. The van der Waals surface area contributed by atoms with E-state index in [0.29, 0.717) is 0 Å². The van der Waals surface area contributed by atoms with Crippen LogP contribution in [-0.4, -0.2) is 24.9 Å². The van der Waals surface area contributed by atoms with E-state index in [0.717, 1.165) is 6.07 Å². The van der Waals surface area contributed by atoms with E-state index >= 15 is 0 Å². The van der Waals surface area contributed by atoms with Gasteiger partial charge in [-0.25, -0.2) is 18.0 Å².